The van der Waals surface area contributed by atoms with E-state index in [1.165, 1.54) is 0 Å². The largest absolute Gasteiger partial charge is 0.215 e. The molecule has 0 aliphatic carbocycles. The molecule has 0 spiro atoms. The minimum Gasteiger partial charge on any atom is -0.215 e. The van der Waals surface area contributed by atoms with Gasteiger partial charge in [-0.3, -0.25) is 0 Å². The minimum absolute atomic E-state index is 0.487. The lowest BCUT2D eigenvalue weighted by Crippen LogP contribution is -2.02. The van der Waals surface area contributed by atoms with Crippen molar-refractivity contribution in [3.8, 4) is 11.4 Å². The molecule has 0 saturated carbocycles. The number of nitrogens with zero attached hydrogens (tertiary/aromatic N) is 3. The van der Waals surface area contributed by atoms with Crippen molar-refractivity contribution in [1.29, 1.82) is 0 Å². The molecule has 0 fully saturated rings. The Balaban J connectivity index is 2.44. The average Bonchev–Trinajstić information content (AvgIpc) is 2.94. The molecule has 2 rings (SSSR count). The molecule has 1 atom stereocenters. The van der Waals surface area contributed by atoms with Crippen molar-refractivity contribution < 1.29 is 0 Å². The highest BCUT2D eigenvalue weighted by molar-refractivity contribution is 5.65. The van der Waals surface area contributed by atoms with Crippen LogP contribution in [0.5, 0.6) is 0 Å². The molecule has 0 radical (unpaired) electrons. The Kier molecular flexibility index (Phi) is 4.29. The van der Waals surface area contributed by atoms with Gasteiger partial charge in [-0.1, -0.05) is 63.3 Å². The van der Waals surface area contributed by atoms with E-state index in [9.17, 15) is 0 Å². The van der Waals surface area contributed by atoms with Crippen LogP contribution in [-0.2, 0) is 0 Å². The van der Waals surface area contributed by atoms with Gasteiger partial charge in [0.2, 0.25) is 0 Å². The third kappa shape index (κ3) is 2.99. The third-order valence-electron chi connectivity index (χ3n) is 3.13. The average molecular weight is 253 g/mol. The van der Waals surface area contributed by atoms with Crippen LogP contribution in [0.1, 0.15) is 20.3 Å². The van der Waals surface area contributed by atoms with E-state index in [2.05, 4.69) is 36.6 Å². The fourth-order valence-electron chi connectivity index (χ4n) is 1.85. The molecule has 0 aliphatic heterocycles. The van der Waals surface area contributed by atoms with Crippen LogP contribution in [0, 0.1) is 5.92 Å². The maximum atomic E-state index is 4.35. The zero-order valence-corrected chi connectivity index (χ0v) is 11.5. The van der Waals surface area contributed by atoms with Gasteiger partial charge in [-0.25, -0.2) is 9.67 Å². The summed E-state index contributed by atoms with van der Waals surface area (Å²) in [5, 5.41) is 4.32. The van der Waals surface area contributed by atoms with Crippen molar-refractivity contribution in [1.82, 2.24) is 14.8 Å². The molecule has 1 aromatic heterocycles. The van der Waals surface area contributed by atoms with Gasteiger partial charge in [0.15, 0.2) is 5.82 Å². The first-order valence-corrected chi connectivity index (χ1v) is 6.56. The number of benzene rings is 1. The summed E-state index contributed by atoms with van der Waals surface area (Å²) in [6.45, 7) is 8.23. The van der Waals surface area contributed by atoms with Gasteiger partial charge in [0.05, 0.1) is 5.70 Å². The molecule has 1 unspecified atom stereocenters. The number of hydrogen-bond donors (Lipinski definition) is 0. The fourth-order valence-corrected chi connectivity index (χ4v) is 1.85. The molecule has 0 saturated heterocycles. The molecule has 1 heterocycles. The van der Waals surface area contributed by atoms with Crippen LogP contribution in [0.15, 0.2) is 55.4 Å². The molecular formula is C16H19N3. The van der Waals surface area contributed by atoms with Crippen molar-refractivity contribution >= 4 is 5.70 Å². The Morgan fingerprint density at radius 1 is 1.37 bits per heavy atom. The number of hydrogen-bond acceptors (Lipinski definition) is 2. The zero-order chi connectivity index (χ0) is 13.7. The first-order chi connectivity index (χ1) is 9.26. The second-order valence-electron chi connectivity index (χ2n) is 4.54. The molecule has 0 aliphatic rings. The lowest BCUT2D eigenvalue weighted by atomic mass is 10.1. The highest BCUT2D eigenvalue weighted by Gasteiger charge is 2.09. The maximum Gasteiger partial charge on any atom is 0.163 e. The van der Waals surface area contributed by atoms with Gasteiger partial charge in [-0.2, -0.15) is 5.10 Å². The van der Waals surface area contributed by atoms with Crippen molar-refractivity contribution in [2.75, 3.05) is 0 Å². The van der Waals surface area contributed by atoms with Crippen LogP contribution in [0.25, 0.3) is 17.1 Å². The lowest BCUT2D eigenvalue weighted by molar-refractivity contribution is 0.694. The van der Waals surface area contributed by atoms with E-state index in [0.717, 1.165) is 23.5 Å². The van der Waals surface area contributed by atoms with Gasteiger partial charge in [-0.15, -0.1) is 0 Å². The van der Waals surface area contributed by atoms with Crippen molar-refractivity contribution in [2.45, 2.75) is 20.3 Å². The van der Waals surface area contributed by atoms with Crippen molar-refractivity contribution in [3.63, 3.8) is 0 Å². The zero-order valence-electron chi connectivity index (χ0n) is 11.5. The van der Waals surface area contributed by atoms with E-state index in [0.29, 0.717) is 5.92 Å². The fraction of sp³-hybridized carbons (Fsp3) is 0.250. The van der Waals surface area contributed by atoms with Crippen LogP contribution in [0.4, 0.5) is 0 Å². The standard InChI is InChI=1S/C16H19N3/c1-4-13(3)11-15(5-2)19-16(17-12-18-19)14-9-7-6-8-10-14/h5-13H,2,4H2,1,3H3/b15-11+. The van der Waals surface area contributed by atoms with Crippen LogP contribution < -0.4 is 0 Å². The van der Waals surface area contributed by atoms with E-state index in [-0.39, 0.29) is 0 Å². The van der Waals surface area contributed by atoms with Gasteiger partial charge in [0.1, 0.15) is 6.33 Å². The molecule has 1 aromatic carbocycles. The summed E-state index contributed by atoms with van der Waals surface area (Å²) in [6.07, 6.45) is 6.67. The highest BCUT2D eigenvalue weighted by Crippen LogP contribution is 2.20. The van der Waals surface area contributed by atoms with Gasteiger partial charge < -0.3 is 0 Å². The smallest absolute Gasteiger partial charge is 0.163 e. The predicted octanol–water partition coefficient (Wildman–Crippen LogP) is 4.02. The third-order valence-corrected chi connectivity index (χ3v) is 3.13. The molecule has 3 nitrogen and oxygen atoms in total. The normalized spacial score (nSPS) is 13.3. The van der Waals surface area contributed by atoms with E-state index >= 15 is 0 Å². The summed E-state index contributed by atoms with van der Waals surface area (Å²) < 4.78 is 1.84. The molecular weight excluding hydrogens is 234 g/mol. The highest BCUT2D eigenvalue weighted by atomic mass is 15.3. The Morgan fingerprint density at radius 2 is 2.11 bits per heavy atom. The van der Waals surface area contributed by atoms with Gasteiger partial charge in [0, 0.05) is 5.56 Å². The molecule has 0 bridgehead atoms. The summed E-state index contributed by atoms with van der Waals surface area (Å²) in [5.74, 6) is 1.33. The number of rotatable bonds is 5. The van der Waals surface area contributed by atoms with Gasteiger partial charge >= 0.3 is 0 Å². The summed E-state index contributed by atoms with van der Waals surface area (Å²) in [6, 6.07) is 10.1. The summed E-state index contributed by atoms with van der Waals surface area (Å²) >= 11 is 0. The SMILES string of the molecule is C=C/C(=C\C(C)CC)n1ncnc1-c1ccccc1. The topological polar surface area (TPSA) is 30.7 Å². The molecule has 0 amide bonds. The summed E-state index contributed by atoms with van der Waals surface area (Å²) in [5.41, 5.74) is 2.03. The first kappa shape index (κ1) is 13.3. The molecule has 3 heteroatoms. The first-order valence-electron chi connectivity index (χ1n) is 6.56. The number of aromatic nitrogens is 3. The molecule has 2 aromatic rings. The molecule has 98 valence electrons. The summed E-state index contributed by atoms with van der Waals surface area (Å²) in [4.78, 5) is 4.35. The molecule has 19 heavy (non-hydrogen) atoms. The Hall–Kier alpha value is -2.16. The van der Waals surface area contributed by atoms with E-state index in [4.69, 9.17) is 0 Å². The monoisotopic (exact) mass is 253 g/mol. The predicted molar refractivity (Wildman–Crippen MR) is 79.4 cm³/mol. The quantitative estimate of drug-likeness (QED) is 0.753. The van der Waals surface area contributed by atoms with E-state index < -0.39 is 0 Å². The van der Waals surface area contributed by atoms with Crippen LogP contribution in [-0.4, -0.2) is 14.8 Å². The molecule has 0 N–H and O–H groups in total. The Morgan fingerprint density at radius 3 is 2.74 bits per heavy atom. The second-order valence-corrected chi connectivity index (χ2v) is 4.54. The minimum atomic E-state index is 0.487. The van der Waals surface area contributed by atoms with E-state index in [1.807, 2.05) is 41.1 Å². The van der Waals surface area contributed by atoms with Crippen LogP contribution >= 0.6 is 0 Å². The number of allylic oxidation sites excluding steroid dienone is 3. The van der Waals surface area contributed by atoms with Crippen LogP contribution in [0.3, 0.4) is 0 Å². The Labute approximate surface area is 114 Å². The van der Waals surface area contributed by atoms with E-state index in [1.54, 1.807) is 6.33 Å². The summed E-state index contributed by atoms with van der Waals surface area (Å²) in [7, 11) is 0. The maximum absolute atomic E-state index is 4.35. The second kappa shape index (κ2) is 6.14. The van der Waals surface area contributed by atoms with Crippen molar-refractivity contribution in [3.05, 3.63) is 55.4 Å². The van der Waals surface area contributed by atoms with Crippen LogP contribution in [0.2, 0.25) is 0 Å². The van der Waals surface area contributed by atoms with Gasteiger partial charge in [-0.05, 0) is 12.0 Å². The van der Waals surface area contributed by atoms with Crippen molar-refractivity contribution in [2.24, 2.45) is 5.92 Å². The lowest BCUT2D eigenvalue weighted by Gasteiger charge is -2.09. The van der Waals surface area contributed by atoms with Gasteiger partial charge in [0.25, 0.3) is 0 Å². The Bertz CT molecular complexity index is 567.